The fourth-order valence-electron chi connectivity index (χ4n) is 1.01. The molecule has 0 heterocycles. The first kappa shape index (κ1) is 11.8. The zero-order valence-corrected chi connectivity index (χ0v) is 7.24. The van der Waals surface area contributed by atoms with Crippen molar-refractivity contribution in [3.63, 3.8) is 0 Å². The van der Waals surface area contributed by atoms with Gasteiger partial charge in [-0.1, -0.05) is 0 Å². The molecule has 0 fully saturated rings. The second kappa shape index (κ2) is 4.70. The Balaban J connectivity index is 3.99. The van der Waals surface area contributed by atoms with Gasteiger partial charge < -0.3 is 34.4 Å². The van der Waals surface area contributed by atoms with E-state index in [1.807, 2.05) is 0 Å². The Kier molecular flexibility index (Phi) is 4.61. The highest BCUT2D eigenvalue weighted by Gasteiger charge is 2.28. The lowest BCUT2D eigenvalue weighted by atomic mass is 9.95. The number of hydrogen-bond donors (Lipinski definition) is 6. The van der Waals surface area contributed by atoms with Gasteiger partial charge in [-0.25, -0.2) is 0 Å². The second-order valence-electron chi connectivity index (χ2n) is 3.16. The van der Waals surface area contributed by atoms with E-state index in [0.717, 1.165) is 0 Å². The predicted octanol–water partition coefficient (Wildman–Crippen LogP) is -3.09. The van der Waals surface area contributed by atoms with E-state index in [4.69, 9.17) is 34.4 Å². The molecular formula is C6H20N6. The molecule has 0 aromatic heterocycles. The van der Waals surface area contributed by atoms with Crippen molar-refractivity contribution in [2.75, 3.05) is 6.54 Å². The third-order valence-corrected chi connectivity index (χ3v) is 1.76. The Labute approximate surface area is 72.6 Å². The van der Waals surface area contributed by atoms with Crippen molar-refractivity contribution in [2.24, 2.45) is 34.4 Å². The SMILES string of the molecule is NCCC(N)C(N)(N)CC(N)N. The van der Waals surface area contributed by atoms with E-state index in [-0.39, 0.29) is 12.5 Å². The van der Waals surface area contributed by atoms with Crippen LogP contribution >= 0.6 is 0 Å². The molecule has 0 amide bonds. The zero-order valence-electron chi connectivity index (χ0n) is 7.24. The molecule has 12 N–H and O–H groups in total. The maximum atomic E-state index is 5.68. The van der Waals surface area contributed by atoms with E-state index in [9.17, 15) is 0 Å². The average Bonchev–Trinajstić information content (AvgIpc) is 1.85. The molecule has 0 aliphatic carbocycles. The molecule has 0 saturated carbocycles. The molecule has 0 spiro atoms. The van der Waals surface area contributed by atoms with Gasteiger partial charge in [0.2, 0.25) is 0 Å². The van der Waals surface area contributed by atoms with Crippen LogP contribution in [0.5, 0.6) is 0 Å². The molecule has 0 bridgehead atoms. The molecule has 0 saturated heterocycles. The molecule has 74 valence electrons. The van der Waals surface area contributed by atoms with Gasteiger partial charge in [0.1, 0.15) is 0 Å². The molecule has 1 atom stereocenters. The molecule has 12 heavy (non-hydrogen) atoms. The molecule has 0 aromatic rings. The third-order valence-electron chi connectivity index (χ3n) is 1.76. The summed E-state index contributed by atoms with van der Waals surface area (Å²) in [6.07, 6.45) is 0.317. The van der Waals surface area contributed by atoms with Crippen LogP contribution in [0.15, 0.2) is 0 Å². The summed E-state index contributed by atoms with van der Waals surface area (Å²) >= 11 is 0. The summed E-state index contributed by atoms with van der Waals surface area (Å²) in [6, 6.07) is -0.364. The average molecular weight is 176 g/mol. The van der Waals surface area contributed by atoms with Gasteiger partial charge in [-0.2, -0.15) is 0 Å². The summed E-state index contributed by atoms with van der Waals surface area (Å²) in [5.74, 6) is 0. The standard InChI is InChI=1S/C6H20N6/c7-2-1-4(8)6(11,12)3-5(9)10/h4-5H,1-3,7-12H2. The van der Waals surface area contributed by atoms with E-state index in [2.05, 4.69) is 0 Å². The summed E-state index contributed by atoms with van der Waals surface area (Å²) in [5, 5.41) is 0. The highest BCUT2D eigenvalue weighted by molar-refractivity contribution is 4.90. The molecule has 0 aliphatic rings. The van der Waals surface area contributed by atoms with Crippen LogP contribution in [-0.4, -0.2) is 24.4 Å². The Hall–Kier alpha value is -0.240. The van der Waals surface area contributed by atoms with Gasteiger partial charge in [0.05, 0.1) is 11.8 Å². The molecule has 0 aliphatic heterocycles. The van der Waals surface area contributed by atoms with Crippen molar-refractivity contribution in [3.8, 4) is 0 Å². The minimum atomic E-state index is -1.02. The fourth-order valence-corrected chi connectivity index (χ4v) is 1.01. The van der Waals surface area contributed by atoms with Crippen LogP contribution in [0, 0.1) is 0 Å². The lowest BCUT2D eigenvalue weighted by Gasteiger charge is -2.32. The maximum Gasteiger partial charge on any atom is 0.0820 e. The van der Waals surface area contributed by atoms with Crippen LogP contribution in [0.1, 0.15) is 12.8 Å². The van der Waals surface area contributed by atoms with E-state index >= 15 is 0 Å². The van der Waals surface area contributed by atoms with Crippen LogP contribution in [0.25, 0.3) is 0 Å². The normalized spacial score (nSPS) is 15.2. The van der Waals surface area contributed by atoms with Gasteiger partial charge in [0.25, 0.3) is 0 Å². The lowest BCUT2D eigenvalue weighted by Crippen LogP contribution is -2.65. The van der Waals surface area contributed by atoms with Crippen molar-refractivity contribution >= 4 is 0 Å². The van der Waals surface area contributed by atoms with Gasteiger partial charge in [-0.3, -0.25) is 0 Å². The van der Waals surface area contributed by atoms with Gasteiger partial charge in [-0.05, 0) is 13.0 Å². The van der Waals surface area contributed by atoms with Gasteiger partial charge in [-0.15, -0.1) is 0 Å². The van der Waals surface area contributed by atoms with Crippen molar-refractivity contribution in [1.82, 2.24) is 0 Å². The minimum absolute atomic E-state index is 0.286. The summed E-state index contributed by atoms with van der Waals surface area (Å²) in [4.78, 5) is 0. The highest BCUT2D eigenvalue weighted by Crippen LogP contribution is 2.06. The van der Waals surface area contributed by atoms with Crippen LogP contribution in [0.3, 0.4) is 0 Å². The quantitative estimate of drug-likeness (QED) is 0.244. The summed E-state index contributed by atoms with van der Waals surface area (Å²) in [6.45, 7) is 0.455. The zero-order chi connectivity index (χ0) is 9.78. The Bertz CT molecular complexity index is 123. The monoisotopic (exact) mass is 176 g/mol. The van der Waals surface area contributed by atoms with Crippen molar-refractivity contribution in [2.45, 2.75) is 30.7 Å². The Morgan fingerprint density at radius 3 is 1.92 bits per heavy atom. The van der Waals surface area contributed by atoms with E-state index in [1.54, 1.807) is 0 Å². The third kappa shape index (κ3) is 3.96. The largest absolute Gasteiger partial charge is 0.330 e. The highest BCUT2D eigenvalue weighted by atomic mass is 15.0. The Morgan fingerprint density at radius 1 is 1.08 bits per heavy atom. The first-order valence-electron chi connectivity index (χ1n) is 3.94. The maximum absolute atomic E-state index is 5.68. The number of hydrogen-bond acceptors (Lipinski definition) is 6. The predicted molar refractivity (Wildman–Crippen MR) is 49.5 cm³/mol. The smallest absolute Gasteiger partial charge is 0.0820 e. The Morgan fingerprint density at radius 2 is 1.58 bits per heavy atom. The fraction of sp³-hybridized carbons (Fsp3) is 1.00. The molecule has 6 nitrogen and oxygen atoms in total. The van der Waals surface area contributed by atoms with Crippen molar-refractivity contribution in [1.29, 1.82) is 0 Å². The number of rotatable bonds is 5. The summed E-state index contributed by atoms with van der Waals surface area (Å²) < 4.78 is 0. The van der Waals surface area contributed by atoms with Gasteiger partial charge in [0.15, 0.2) is 0 Å². The molecule has 0 rings (SSSR count). The first-order valence-corrected chi connectivity index (χ1v) is 3.94. The summed E-state index contributed by atoms with van der Waals surface area (Å²) in [7, 11) is 0. The number of nitrogens with two attached hydrogens (primary N) is 6. The van der Waals surface area contributed by atoms with Gasteiger partial charge >= 0.3 is 0 Å². The van der Waals surface area contributed by atoms with Crippen molar-refractivity contribution in [3.05, 3.63) is 0 Å². The van der Waals surface area contributed by atoms with E-state index in [1.165, 1.54) is 0 Å². The molecular weight excluding hydrogens is 156 g/mol. The van der Waals surface area contributed by atoms with E-state index < -0.39 is 11.8 Å². The topological polar surface area (TPSA) is 156 Å². The minimum Gasteiger partial charge on any atom is -0.330 e. The van der Waals surface area contributed by atoms with Crippen LogP contribution in [0.2, 0.25) is 0 Å². The van der Waals surface area contributed by atoms with Crippen LogP contribution in [-0.2, 0) is 0 Å². The lowest BCUT2D eigenvalue weighted by molar-refractivity contribution is 0.298. The van der Waals surface area contributed by atoms with Crippen molar-refractivity contribution < 1.29 is 0 Å². The first-order chi connectivity index (χ1) is 5.40. The summed E-state index contributed by atoms with van der Waals surface area (Å²) in [5.41, 5.74) is 32.0. The molecule has 0 radical (unpaired) electrons. The molecule has 0 aromatic carbocycles. The second-order valence-corrected chi connectivity index (χ2v) is 3.16. The molecule has 6 heteroatoms. The van der Waals surface area contributed by atoms with Crippen LogP contribution < -0.4 is 34.4 Å². The van der Waals surface area contributed by atoms with Gasteiger partial charge in [0, 0.05) is 12.5 Å². The van der Waals surface area contributed by atoms with Crippen LogP contribution in [0.4, 0.5) is 0 Å². The van der Waals surface area contributed by atoms with E-state index in [0.29, 0.717) is 13.0 Å². The molecule has 1 unspecified atom stereocenters.